The molecule has 2 fully saturated rings. The van der Waals surface area contributed by atoms with Crippen LogP contribution < -0.4 is 4.74 Å². The van der Waals surface area contributed by atoms with Crippen molar-refractivity contribution < 1.29 is 22.7 Å². The molecule has 0 N–H and O–H groups in total. The maximum atomic E-state index is 13.8. The summed E-state index contributed by atoms with van der Waals surface area (Å²) in [7, 11) is -2.11. The van der Waals surface area contributed by atoms with E-state index in [-0.39, 0.29) is 35.2 Å². The largest absolute Gasteiger partial charge is 0.497 e. The Hall–Kier alpha value is -2.60. The summed E-state index contributed by atoms with van der Waals surface area (Å²) in [6.07, 6.45) is 5.54. The topological polar surface area (TPSA) is 69.7 Å². The predicted molar refractivity (Wildman–Crippen MR) is 126 cm³/mol. The second kappa shape index (κ2) is 8.01. The number of hydrogen-bond acceptors (Lipinski definition) is 5. The van der Waals surface area contributed by atoms with Gasteiger partial charge in [0, 0.05) is 17.9 Å². The van der Waals surface area contributed by atoms with Crippen LogP contribution in [0.1, 0.15) is 56.6 Å². The quantitative estimate of drug-likeness (QED) is 0.567. The van der Waals surface area contributed by atoms with Gasteiger partial charge in [0.2, 0.25) is 9.84 Å². The van der Waals surface area contributed by atoms with Crippen molar-refractivity contribution in [1.82, 2.24) is 0 Å². The molecule has 0 aromatic heterocycles. The van der Waals surface area contributed by atoms with Gasteiger partial charge in [0.1, 0.15) is 11.9 Å². The SMILES string of the molecule is COc1ccc2c(c1)C(S(=O)(=O)c1ccccc1)=C[C@@H]1[C@@H]2CC[C@]2(C)[C@@H](OC(C)=O)CC[C@@H]12. The van der Waals surface area contributed by atoms with Crippen LogP contribution in [0.4, 0.5) is 0 Å². The van der Waals surface area contributed by atoms with Crippen molar-refractivity contribution in [2.45, 2.75) is 56.4 Å². The van der Waals surface area contributed by atoms with E-state index < -0.39 is 9.84 Å². The summed E-state index contributed by atoms with van der Waals surface area (Å²) in [6.45, 7) is 3.69. The van der Waals surface area contributed by atoms with Crippen molar-refractivity contribution in [2.24, 2.45) is 17.3 Å². The van der Waals surface area contributed by atoms with Crippen LogP contribution in [0.5, 0.6) is 5.75 Å². The molecular formula is C27H30O5S. The lowest BCUT2D eigenvalue weighted by molar-refractivity contribution is -0.154. The average molecular weight is 467 g/mol. The highest BCUT2D eigenvalue weighted by Gasteiger charge is 2.56. The van der Waals surface area contributed by atoms with Crippen molar-refractivity contribution in [3.63, 3.8) is 0 Å². The lowest BCUT2D eigenvalue weighted by Gasteiger charge is -2.49. The smallest absolute Gasteiger partial charge is 0.302 e. The predicted octanol–water partition coefficient (Wildman–Crippen LogP) is 5.37. The zero-order valence-electron chi connectivity index (χ0n) is 19.3. The fraction of sp³-hybridized carbons (Fsp3) is 0.444. The summed E-state index contributed by atoms with van der Waals surface area (Å²) in [5.74, 6) is 0.996. The number of fused-ring (bicyclic) bond motifs is 5. The third-order valence-electron chi connectivity index (χ3n) is 8.17. The molecule has 0 aliphatic heterocycles. The highest BCUT2D eigenvalue weighted by molar-refractivity contribution is 8.00. The van der Waals surface area contributed by atoms with Crippen LogP contribution in [-0.2, 0) is 19.4 Å². The van der Waals surface area contributed by atoms with E-state index in [2.05, 4.69) is 6.92 Å². The number of carbonyl (C=O) groups excluding carboxylic acids is 1. The number of allylic oxidation sites excluding steroid dienone is 1. The first-order valence-electron chi connectivity index (χ1n) is 11.6. The Balaban J connectivity index is 1.65. The Morgan fingerprint density at radius 3 is 2.52 bits per heavy atom. The summed E-state index contributed by atoms with van der Waals surface area (Å²) in [5, 5.41) is 0. The van der Waals surface area contributed by atoms with E-state index in [4.69, 9.17) is 9.47 Å². The molecule has 2 saturated carbocycles. The Bertz CT molecular complexity index is 1220. The van der Waals surface area contributed by atoms with Crippen LogP contribution in [0.2, 0.25) is 0 Å². The van der Waals surface area contributed by atoms with Crippen molar-refractivity contribution in [3.8, 4) is 5.75 Å². The fourth-order valence-electron chi connectivity index (χ4n) is 6.56. The molecule has 0 bridgehead atoms. The highest BCUT2D eigenvalue weighted by Crippen LogP contribution is 2.62. The zero-order valence-corrected chi connectivity index (χ0v) is 20.1. The van der Waals surface area contributed by atoms with Gasteiger partial charge in [0.05, 0.1) is 16.9 Å². The van der Waals surface area contributed by atoms with Gasteiger partial charge in [-0.3, -0.25) is 4.79 Å². The molecule has 6 heteroatoms. The number of sulfone groups is 1. The summed E-state index contributed by atoms with van der Waals surface area (Å²) in [4.78, 5) is 12.4. The van der Waals surface area contributed by atoms with Gasteiger partial charge in [-0.15, -0.1) is 0 Å². The van der Waals surface area contributed by atoms with E-state index in [0.29, 0.717) is 15.6 Å². The molecule has 0 unspecified atom stereocenters. The van der Waals surface area contributed by atoms with Crippen molar-refractivity contribution in [1.29, 1.82) is 0 Å². The van der Waals surface area contributed by atoms with Crippen molar-refractivity contribution >= 4 is 20.7 Å². The van der Waals surface area contributed by atoms with Crippen molar-refractivity contribution in [2.75, 3.05) is 7.11 Å². The second-order valence-electron chi connectivity index (χ2n) is 9.81. The molecule has 33 heavy (non-hydrogen) atoms. The number of rotatable bonds is 4. The first kappa shape index (κ1) is 22.2. The van der Waals surface area contributed by atoms with E-state index in [1.807, 2.05) is 30.3 Å². The molecule has 5 rings (SSSR count). The van der Waals surface area contributed by atoms with Crippen LogP contribution in [-0.4, -0.2) is 27.6 Å². The molecule has 2 aromatic carbocycles. The van der Waals surface area contributed by atoms with Crippen LogP contribution in [0.15, 0.2) is 59.5 Å². The van der Waals surface area contributed by atoms with E-state index >= 15 is 0 Å². The third kappa shape index (κ3) is 3.50. The van der Waals surface area contributed by atoms with Gasteiger partial charge < -0.3 is 9.47 Å². The lowest BCUT2D eigenvalue weighted by Crippen LogP contribution is -2.44. The monoisotopic (exact) mass is 466 g/mol. The second-order valence-corrected chi connectivity index (χ2v) is 11.7. The minimum absolute atomic E-state index is 0.0821. The number of hydrogen-bond donors (Lipinski definition) is 0. The Morgan fingerprint density at radius 2 is 1.82 bits per heavy atom. The first-order valence-corrected chi connectivity index (χ1v) is 13.1. The Labute approximate surface area is 195 Å². The Kier molecular flexibility index (Phi) is 5.39. The van der Waals surface area contributed by atoms with Gasteiger partial charge >= 0.3 is 5.97 Å². The van der Waals surface area contributed by atoms with Crippen LogP contribution in [0.3, 0.4) is 0 Å². The molecule has 3 aliphatic carbocycles. The number of methoxy groups -OCH3 is 1. The molecule has 0 radical (unpaired) electrons. The van der Waals surface area contributed by atoms with Gasteiger partial charge in [-0.05, 0) is 73.3 Å². The van der Waals surface area contributed by atoms with E-state index in [1.165, 1.54) is 6.92 Å². The van der Waals surface area contributed by atoms with E-state index in [1.54, 1.807) is 31.4 Å². The minimum Gasteiger partial charge on any atom is -0.497 e. The summed E-state index contributed by atoms with van der Waals surface area (Å²) in [5.41, 5.74) is 1.68. The number of ether oxygens (including phenoxy) is 2. The molecule has 0 heterocycles. The molecule has 0 spiro atoms. The molecule has 0 saturated heterocycles. The molecule has 174 valence electrons. The Morgan fingerprint density at radius 1 is 1.06 bits per heavy atom. The summed E-state index contributed by atoms with van der Waals surface area (Å²) >= 11 is 0. The number of benzene rings is 2. The lowest BCUT2D eigenvalue weighted by atomic mass is 9.57. The molecule has 2 aromatic rings. The van der Waals surface area contributed by atoms with Crippen LogP contribution in [0, 0.1) is 17.3 Å². The normalized spacial score (nSPS) is 30.5. The fourth-order valence-corrected chi connectivity index (χ4v) is 8.13. The first-order chi connectivity index (χ1) is 15.8. The van der Waals surface area contributed by atoms with Crippen molar-refractivity contribution in [3.05, 3.63) is 65.7 Å². The molecule has 5 atom stereocenters. The minimum atomic E-state index is -3.71. The van der Waals surface area contributed by atoms with Gasteiger partial charge in [-0.1, -0.05) is 37.3 Å². The van der Waals surface area contributed by atoms with Crippen LogP contribution in [0.25, 0.3) is 4.91 Å². The highest BCUT2D eigenvalue weighted by atomic mass is 32.2. The van der Waals surface area contributed by atoms with Gasteiger partial charge in [0.15, 0.2) is 0 Å². The maximum Gasteiger partial charge on any atom is 0.302 e. The molecule has 0 amide bonds. The summed E-state index contributed by atoms with van der Waals surface area (Å²) < 4.78 is 38.8. The average Bonchev–Trinajstić information content (AvgIpc) is 3.14. The van der Waals surface area contributed by atoms with E-state index in [0.717, 1.165) is 36.8 Å². The standard InChI is InChI=1S/C27H30O5S/c1-17(28)32-26-12-11-24-22-16-25(33(29,30)19-7-5-4-6-8-19)23-15-18(31-3)9-10-20(23)21(22)13-14-27(24,26)2/h4-10,15-16,21-22,24,26H,11-14H2,1-3H3/t21-,22-,24+,26+,27+/m1/s1. The molecule has 5 nitrogen and oxygen atoms in total. The van der Waals surface area contributed by atoms with Gasteiger partial charge in [-0.25, -0.2) is 8.42 Å². The third-order valence-corrected chi connectivity index (χ3v) is 9.99. The summed E-state index contributed by atoms with van der Waals surface area (Å²) in [6, 6.07) is 14.5. The zero-order chi connectivity index (χ0) is 23.4. The number of esters is 1. The molecular weight excluding hydrogens is 436 g/mol. The van der Waals surface area contributed by atoms with Gasteiger partial charge in [-0.2, -0.15) is 0 Å². The molecule has 3 aliphatic rings. The van der Waals surface area contributed by atoms with Gasteiger partial charge in [0.25, 0.3) is 0 Å². The maximum absolute atomic E-state index is 13.8. The van der Waals surface area contributed by atoms with Crippen LogP contribution >= 0.6 is 0 Å². The number of carbonyl (C=O) groups is 1. The van der Waals surface area contributed by atoms with E-state index in [9.17, 15) is 13.2 Å².